The van der Waals surface area contributed by atoms with Gasteiger partial charge in [-0.3, -0.25) is 4.90 Å². The Morgan fingerprint density at radius 2 is 2.31 bits per heavy atom. The van der Waals surface area contributed by atoms with Gasteiger partial charge in [0.25, 0.3) is 0 Å². The molecular weight excluding hydrogens is 164 g/mol. The second-order valence-corrected chi connectivity index (χ2v) is 4.06. The van der Waals surface area contributed by atoms with E-state index in [9.17, 15) is 0 Å². The molecule has 0 amide bonds. The van der Waals surface area contributed by atoms with Crippen LogP contribution in [-0.4, -0.2) is 43.3 Å². The van der Waals surface area contributed by atoms with Crippen molar-refractivity contribution in [3.8, 4) is 0 Å². The van der Waals surface area contributed by atoms with Crippen molar-refractivity contribution in [3.05, 3.63) is 0 Å². The zero-order valence-corrected chi connectivity index (χ0v) is 8.88. The van der Waals surface area contributed by atoms with E-state index in [-0.39, 0.29) is 5.60 Å². The van der Waals surface area contributed by atoms with Crippen LogP contribution in [0.25, 0.3) is 0 Å². The predicted octanol–water partition coefficient (Wildman–Crippen LogP) is 0.836. The van der Waals surface area contributed by atoms with Gasteiger partial charge in [0, 0.05) is 26.2 Å². The van der Waals surface area contributed by atoms with Gasteiger partial charge >= 0.3 is 0 Å². The molecule has 1 aliphatic heterocycles. The number of nitrogens with zero attached hydrogens (tertiary/aromatic N) is 1. The lowest BCUT2D eigenvalue weighted by atomic mass is 10.0. The quantitative estimate of drug-likeness (QED) is 0.691. The van der Waals surface area contributed by atoms with Gasteiger partial charge in [-0.25, -0.2) is 0 Å². The SMILES string of the molecule is CCN(CCN)CC1(C)CCCO1. The van der Waals surface area contributed by atoms with E-state index < -0.39 is 0 Å². The summed E-state index contributed by atoms with van der Waals surface area (Å²) in [7, 11) is 0. The summed E-state index contributed by atoms with van der Waals surface area (Å²) in [6.07, 6.45) is 2.39. The Morgan fingerprint density at radius 3 is 2.77 bits per heavy atom. The molecule has 0 bridgehead atoms. The van der Waals surface area contributed by atoms with Crippen LogP contribution in [0, 0.1) is 0 Å². The number of rotatable bonds is 5. The first kappa shape index (κ1) is 11.0. The Hall–Kier alpha value is -0.120. The highest BCUT2D eigenvalue weighted by Gasteiger charge is 2.31. The minimum absolute atomic E-state index is 0.0885. The number of ether oxygens (including phenoxy) is 1. The fourth-order valence-corrected chi connectivity index (χ4v) is 1.97. The van der Waals surface area contributed by atoms with Crippen LogP contribution in [0.15, 0.2) is 0 Å². The molecule has 2 N–H and O–H groups in total. The average Bonchev–Trinajstić information content (AvgIpc) is 2.51. The Labute approximate surface area is 81.2 Å². The van der Waals surface area contributed by atoms with Gasteiger partial charge in [-0.05, 0) is 26.3 Å². The smallest absolute Gasteiger partial charge is 0.0781 e. The molecule has 1 unspecified atom stereocenters. The van der Waals surface area contributed by atoms with Crippen molar-refractivity contribution in [1.29, 1.82) is 0 Å². The Balaban J connectivity index is 2.35. The van der Waals surface area contributed by atoms with Crippen LogP contribution in [0.3, 0.4) is 0 Å². The summed E-state index contributed by atoms with van der Waals surface area (Å²) < 4.78 is 5.74. The molecule has 1 heterocycles. The monoisotopic (exact) mass is 186 g/mol. The maximum Gasteiger partial charge on any atom is 0.0781 e. The molecule has 78 valence electrons. The lowest BCUT2D eigenvalue weighted by molar-refractivity contribution is -0.00718. The van der Waals surface area contributed by atoms with Crippen molar-refractivity contribution in [1.82, 2.24) is 4.90 Å². The molecule has 1 fully saturated rings. The van der Waals surface area contributed by atoms with Crippen molar-refractivity contribution in [3.63, 3.8) is 0 Å². The van der Waals surface area contributed by atoms with Crippen LogP contribution in [0.5, 0.6) is 0 Å². The summed E-state index contributed by atoms with van der Waals surface area (Å²) in [5.41, 5.74) is 5.63. The van der Waals surface area contributed by atoms with Gasteiger partial charge in [0.2, 0.25) is 0 Å². The van der Waals surface area contributed by atoms with Gasteiger partial charge in [0.15, 0.2) is 0 Å². The van der Waals surface area contributed by atoms with E-state index in [0.29, 0.717) is 0 Å². The van der Waals surface area contributed by atoms with Crippen LogP contribution < -0.4 is 5.73 Å². The average molecular weight is 186 g/mol. The molecule has 0 aliphatic carbocycles. The lowest BCUT2D eigenvalue weighted by Crippen LogP contribution is -2.42. The largest absolute Gasteiger partial charge is 0.374 e. The molecule has 0 aromatic carbocycles. The Kier molecular flexibility index (Phi) is 4.16. The summed E-state index contributed by atoms with van der Waals surface area (Å²) in [6.45, 7) is 9.13. The minimum Gasteiger partial charge on any atom is -0.374 e. The number of likely N-dealkylation sites (N-methyl/N-ethyl adjacent to an activating group) is 1. The fraction of sp³-hybridized carbons (Fsp3) is 1.00. The van der Waals surface area contributed by atoms with Crippen LogP contribution in [0.4, 0.5) is 0 Å². The summed E-state index contributed by atoms with van der Waals surface area (Å²) in [5.74, 6) is 0. The molecule has 3 nitrogen and oxygen atoms in total. The van der Waals surface area contributed by atoms with E-state index in [0.717, 1.165) is 32.8 Å². The third-order valence-electron chi connectivity index (χ3n) is 2.75. The van der Waals surface area contributed by atoms with E-state index in [4.69, 9.17) is 10.5 Å². The normalized spacial score (nSPS) is 28.6. The van der Waals surface area contributed by atoms with Gasteiger partial charge in [-0.2, -0.15) is 0 Å². The molecule has 3 heteroatoms. The molecule has 1 atom stereocenters. The van der Waals surface area contributed by atoms with Crippen LogP contribution in [0.2, 0.25) is 0 Å². The summed E-state index contributed by atoms with van der Waals surface area (Å²) >= 11 is 0. The molecule has 1 aliphatic rings. The van der Waals surface area contributed by atoms with E-state index >= 15 is 0 Å². The Morgan fingerprint density at radius 1 is 1.54 bits per heavy atom. The zero-order valence-electron chi connectivity index (χ0n) is 8.88. The van der Waals surface area contributed by atoms with Crippen LogP contribution >= 0.6 is 0 Å². The van der Waals surface area contributed by atoms with Gasteiger partial charge < -0.3 is 10.5 Å². The molecule has 13 heavy (non-hydrogen) atoms. The second-order valence-electron chi connectivity index (χ2n) is 4.06. The third kappa shape index (κ3) is 3.25. The maximum absolute atomic E-state index is 5.74. The second kappa shape index (κ2) is 4.94. The molecular formula is C10H22N2O. The van der Waals surface area contributed by atoms with E-state index in [1.165, 1.54) is 12.8 Å². The van der Waals surface area contributed by atoms with Crippen LogP contribution in [0.1, 0.15) is 26.7 Å². The zero-order chi connectivity index (χ0) is 9.73. The van der Waals surface area contributed by atoms with Crippen molar-refractivity contribution >= 4 is 0 Å². The summed E-state index contributed by atoms with van der Waals surface area (Å²) in [5, 5.41) is 0. The first-order chi connectivity index (χ1) is 6.20. The number of nitrogens with two attached hydrogens (primary N) is 1. The Bertz CT molecular complexity index is 144. The van der Waals surface area contributed by atoms with Gasteiger partial charge in [0.1, 0.15) is 0 Å². The predicted molar refractivity (Wildman–Crippen MR) is 54.8 cm³/mol. The molecule has 1 saturated heterocycles. The van der Waals surface area contributed by atoms with E-state index in [1.807, 2.05) is 0 Å². The standard InChI is InChI=1S/C10H22N2O/c1-3-12(7-6-11)9-10(2)5-4-8-13-10/h3-9,11H2,1-2H3. The summed E-state index contributed by atoms with van der Waals surface area (Å²) in [6, 6.07) is 0. The topological polar surface area (TPSA) is 38.5 Å². The lowest BCUT2D eigenvalue weighted by Gasteiger charge is -2.30. The fourth-order valence-electron chi connectivity index (χ4n) is 1.97. The molecule has 1 rings (SSSR count). The van der Waals surface area contributed by atoms with Gasteiger partial charge in [-0.15, -0.1) is 0 Å². The van der Waals surface area contributed by atoms with E-state index in [2.05, 4.69) is 18.7 Å². The molecule has 0 saturated carbocycles. The molecule has 0 spiro atoms. The summed E-state index contributed by atoms with van der Waals surface area (Å²) in [4.78, 5) is 2.37. The highest BCUT2D eigenvalue weighted by Crippen LogP contribution is 2.25. The molecule has 0 aromatic rings. The van der Waals surface area contributed by atoms with E-state index in [1.54, 1.807) is 0 Å². The first-order valence-electron chi connectivity index (χ1n) is 5.26. The highest BCUT2D eigenvalue weighted by molar-refractivity contribution is 4.83. The third-order valence-corrected chi connectivity index (χ3v) is 2.75. The first-order valence-corrected chi connectivity index (χ1v) is 5.26. The minimum atomic E-state index is 0.0885. The van der Waals surface area contributed by atoms with Gasteiger partial charge in [0.05, 0.1) is 5.60 Å². The maximum atomic E-state index is 5.74. The molecule has 0 aromatic heterocycles. The number of hydrogen-bond donors (Lipinski definition) is 1. The van der Waals surface area contributed by atoms with Crippen molar-refractivity contribution in [2.45, 2.75) is 32.3 Å². The van der Waals surface area contributed by atoms with Gasteiger partial charge in [-0.1, -0.05) is 6.92 Å². The highest BCUT2D eigenvalue weighted by atomic mass is 16.5. The van der Waals surface area contributed by atoms with Crippen molar-refractivity contribution in [2.75, 3.05) is 32.8 Å². The van der Waals surface area contributed by atoms with Crippen molar-refractivity contribution < 1.29 is 4.74 Å². The molecule has 0 radical (unpaired) electrons. The van der Waals surface area contributed by atoms with Crippen molar-refractivity contribution in [2.24, 2.45) is 5.73 Å². The van der Waals surface area contributed by atoms with Crippen LogP contribution in [-0.2, 0) is 4.74 Å². The number of hydrogen-bond acceptors (Lipinski definition) is 3.